The highest BCUT2D eigenvalue weighted by atomic mass is 15.4. The van der Waals surface area contributed by atoms with Crippen LogP contribution in [0.1, 0.15) is 103 Å². The molecule has 2 rings (SSSR count). The first-order chi connectivity index (χ1) is 13.4. The fraction of sp³-hybridized carbons (Fsp3) is 0.680. The van der Waals surface area contributed by atoms with Gasteiger partial charge in [-0.3, -0.25) is 0 Å². The molecule has 1 aliphatic rings. The zero-order valence-electron chi connectivity index (χ0n) is 17.9. The second-order valence-electron chi connectivity index (χ2n) is 8.09. The lowest BCUT2D eigenvalue weighted by Crippen LogP contribution is -2.32. The predicted molar refractivity (Wildman–Crippen MR) is 118 cm³/mol. The second-order valence-corrected chi connectivity index (χ2v) is 8.09. The Balaban J connectivity index is 1.77. The maximum Gasteiger partial charge on any atom is 0.127 e. The van der Waals surface area contributed by atoms with Gasteiger partial charge in [-0.05, 0) is 18.4 Å². The molecular weight excluding hydrogens is 328 g/mol. The SMILES string of the molecule is CCCCCCCCCCN1C=CN(CCCCCC)C1c1ccccc1. The lowest BCUT2D eigenvalue weighted by molar-refractivity contribution is 0.150. The van der Waals surface area contributed by atoms with Gasteiger partial charge >= 0.3 is 0 Å². The Morgan fingerprint density at radius 1 is 0.593 bits per heavy atom. The third-order valence-corrected chi connectivity index (χ3v) is 5.72. The largest absolute Gasteiger partial charge is 0.352 e. The van der Waals surface area contributed by atoms with E-state index in [4.69, 9.17) is 0 Å². The van der Waals surface area contributed by atoms with Crippen LogP contribution in [0, 0.1) is 0 Å². The average Bonchev–Trinajstić information content (AvgIpc) is 3.10. The Bertz CT molecular complexity index is 496. The van der Waals surface area contributed by atoms with Crippen LogP contribution in [0.25, 0.3) is 0 Å². The number of nitrogens with zero attached hydrogens (tertiary/aromatic N) is 2. The van der Waals surface area contributed by atoms with Crippen molar-refractivity contribution < 1.29 is 0 Å². The van der Waals surface area contributed by atoms with E-state index >= 15 is 0 Å². The van der Waals surface area contributed by atoms with Crippen molar-refractivity contribution >= 4 is 0 Å². The average molecular weight is 371 g/mol. The minimum atomic E-state index is 0.400. The van der Waals surface area contributed by atoms with E-state index in [2.05, 4.69) is 66.4 Å². The van der Waals surface area contributed by atoms with Crippen molar-refractivity contribution in [3.8, 4) is 0 Å². The summed E-state index contributed by atoms with van der Waals surface area (Å²) in [4.78, 5) is 5.11. The summed E-state index contributed by atoms with van der Waals surface area (Å²) in [5, 5.41) is 0. The van der Waals surface area contributed by atoms with Crippen molar-refractivity contribution in [3.05, 3.63) is 48.3 Å². The molecule has 0 spiro atoms. The Morgan fingerprint density at radius 2 is 1.04 bits per heavy atom. The maximum atomic E-state index is 2.56. The molecule has 27 heavy (non-hydrogen) atoms. The van der Waals surface area contributed by atoms with Gasteiger partial charge in [0, 0.05) is 25.5 Å². The molecule has 1 heterocycles. The fourth-order valence-corrected chi connectivity index (χ4v) is 4.08. The van der Waals surface area contributed by atoms with Crippen LogP contribution in [-0.2, 0) is 0 Å². The molecule has 0 saturated carbocycles. The Hall–Kier alpha value is -1.44. The molecule has 1 atom stereocenters. The first-order valence-electron chi connectivity index (χ1n) is 11.6. The fourth-order valence-electron chi connectivity index (χ4n) is 4.08. The molecule has 0 N–H and O–H groups in total. The quantitative estimate of drug-likeness (QED) is 0.295. The maximum absolute atomic E-state index is 2.56. The number of hydrogen-bond donors (Lipinski definition) is 0. The minimum Gasteiger partial charge on any atom is -0.352 e. The van der Waals surface area contributed by atoms with Crippen LogP contribution in [0.15, 0.2) is 42.7 Å². The molecule has 1 aromatic carbocycles. The molecule has 0 saturated heterocycles. The first kappa shape index (κ1) is 21.9. The third kappa shape index (κ3) is 7.99. The van der Waals surface area contributed by atoms with Gasteiger partial charge in [-0.15, -0.1) is 0 Å². The molecule has 0 amide bonds. The monoisotopic (exact) mass is 370 g/mol. The van der Waals surface area contributed by atoms with Crippen LogP contribution in [0.3, 0.4) is 0 Å². The minimum absolute atomic E-state index is 0.400. The first-order valence-corrected chi connectivity index (χ1v) is 11.6. The van der Waals surface area contributed by atoms with Crippen molar-refractivity contribution in [2.24, 2.45) is 0 Å². The van der Waals surface area contributed by atoms with Gasteiger partial charge in [-0.1, -0.05) is 108 Å². The van der Waals surface area contributed by atoms with E-state index in [-0.39, 0.29) is 0 Å². The summed E-state index contributed by atoms with van der Waals surface area (Å²) >= 11 is 0. The van der Waals surface area contributed by atoms with E-state index < -0.39 is 0 Å². The van der Waals surface area contributed by atoms with E-state index in [9.17, 15) is 0 Å². The zero-order chi connectivity index (χ0) is 19.2. The van der Waals surface area contributed by atoms with E-state index in [1.807, 2.05) is 0 Å². The van der Waals surface area contributed by atoms with Gasteiger partial charge in [-0.2, -0.15) is 0 Å². The van der Waals surface area contributed by atoms with Crippen molar-refractivity contribution in [3.63, 3.8) is 0 Å². The molecule has 1 aromatic rings. The molecule has 1 unspecified atom stereocenters. The number of hydrogen-bond acceptors (Lipinski definition) is 2. The summed E-state index contributed by atoms with van der Waals surface area (Å²) in [5.41, 5.74) is 1.43. The summed E-state index contributed by atoms with van der Waals surface area (Å²) in [6, 6.07) is 11.1. The van der Waals surface area contributed by atoms with Gasteiger partial charge in [0.15, 0.2) is 0 Å². The molecule has 0 aromatic heterocycles. The molecule has 0 radical (unpaired) electrons. The second kappa shape index (κ2) is 13.7. The van der Waals surface area contributed by atoms with Crippen LogP contribution in [0.2, 0.25) is 0 Å². The highest BCUT2D eigenvalue weighted by Gasteiger charge is 2.26. The van der Waals surface area contributed by atoms with E-state index in [1.165, 1.54) is 95.7 Å². The normalized spacial score (nSPS) is 16.4. The van der Waals surface area contributed by atoms with E-state index in [0.29, 0.717) is 6.17 Å². The number of rotatable bonds is 15. The summed E-state index contributed by atoms with van der Waals surface area (Å²) in [6.45, 7) is 6.92. The Morgan fingerprint density at radius 3 is 1.56 bits per heavy atom. The van der Waals surface area contributed by atoms with Crippen molar-refractivity contribution in [2.75, 3.05) is 13.1 Å². The molecule has 0 aliphatic carbocycles. The number of benzene rings is 1. The summed E-state index contributed by atoms with van der Waals surface area (Å²) in [5.74, 6) is 0. The van der Waals surface area contributed by atoms with Crippen LogP contribution in [0.4, 0.5) is 0 Å². The molecule has 0 bridgehead atoms. The highest BCUT2D eigenvalue weighted by Crippen LogP contribution is 2.31. The third-order valence-electron chi connectivity index (χ3n) is 5.72. The molecule has 1 aliphatic heterocycles. The summed E-state index contributed by atoms with van der Waals surface area (Å²) in [6.07, 6.45) is 21.5. The van der Waals surface area contributed by atoms with Crippen LogP contribution >= 0.6 is 0 Å². The van der Waals surface area contributed by atoms with E-state index in [0.717, 1.165) is 0 Å². The molecule has 2 heteroatoms. The van der Waals surface area contributed by atoms with Gasteiger partial charge in [-0.25, -0.2) is 0 Å². The van der Waals surface area contributed by atoms with Crippen molar-refractivity contribution in [1.82, 2.24) is 9.80 Å². The van der Waals surface area contributed by atoms with Crippen LogP contribution < -0.4 is 0 Å². The molecule has 2 nitrogen and oxygen atoms in total. The Kier molecular flexibility index (Phi) is 11.1. The van der Waals surface area contributed by atoms with Crippen molar-refractivity contribution in [1.29, 1.82) is 0 Å². The zero-order valence-corrected chi connectivity index (χ0v) is 17.9. The van der Waals surface area contributed by atoms with E-state index in [1.54, 1.807) is 0 Å². The van der Waals surface area contributed by atoms with Gasteiger partial charge in [0.2, 0.25) is 0 Å². The summed E-state index contributed by atoms with van der Waals surface area (Å²) < 4.78 is 0. The smallest absolute Gasteiger partial charge is 0.127 e. The molecule has 152 valence electrons. The standard InChI is InChI=1S/C25H42N2/c1-3-5-7-9-10-11-12-17-21-27-23-22-26(20-16-8-6-4-2)25(27)24-18-14-13-15-19-24/h13-15,18-19,22-23,25H,3-12,16-17,20-21H2,1-2H3. The van der Waals surface area contributed by atoms with Crippen LogP contribution in [0.5, 0.6) is 0 Å². The van der Waals surface area contributed by atoms with Gasteiger partial charge in [0.05, 0.1) is 0 Å². The van der Waals surface area contributed by atoms with Crippen molar-refractivity contribution in [2.45, 2.75) is 97.1 Å². The summed E-state index contributed by atoms with van der Waals surface area (Å²) in [7, 11) is 0. The van der Waals surface area contributed by atoms with Gasteiger partial charge in [0.25, 0.3) is 0 Å². The Labute approximate surface area is 168 Å². The van der Waals surface area contributed by atoms with Gasteiger partial charge in [0.1, 0.15) is 6.17 Å². The number of unbranched alkanes of at least 4 members (excludes halogenated alkanes) is 10. The lowest BCUT2D eigenvalue weighted by Gasteiger charge is -2.33. The molecular formula is C25H42N2. The predicted octanol–water partition coefficient (Wildman–Crippen LogP) is 7.50. The molecule has 0 fully saturated rings. The van der Waals surface area contributed by atoms with Gasteiger partial charge < -0.3 is 9.80 Å². The lowest BCUT2D eigenvalue weighted by atomic mass is 10.1. The van der Waals surface area contributed by atoms with Crippen LogP contribution in [-0.4, -0.2) is 22.9 Å². The highest BCUT2D eigenvalue weighted by molar-refractivity contribution is 5.21. The topological polar surface area (TPSA) is 6.48 Å².